The maximum atomic E-state index is 12.8. The molecule has 0 N–H and O–H groups in total. The highest BCUT2D eigenvalue weighted by atomic mass is 16.7. The lowest BCUT2D eigenvalue weighted by Crippen LogP contribution is -2.54. The molecule has 0 amide bonds. The fourth-order valence-corrected chi connectivity index (χ4v) is 3.62. The Labute approximate surface area is 145 Å². The van der Waals surface area contributed by atoms with Gasteiger partial charge in [0, 0.05) is 11.5 Å². The molecule has 6 heteroatoms. The van der Waals surface area contributed by atoms with Crippen LogP contribution in [0, 0.1) is 5.92 Å². The van der Waals surface area contributed by atoms with Gasteiger partial charge in [0.25, 0.3) is 0 Å². The zero-order valence-electron chi connectivity index (χ0n) is 14.1. The van der Waals surface area contributed by atoms with E-state index in [1.165, 1.54) is 6.08 Å². The summed E-state index contributed by atoms with van der Waals surface area (Å²) >= 11 is 0. The molecule has 4 rings (SSSR count). The maximum Gasteiger partial charge on any atom is 0.349 e. The van der Waals surface area contributed by atoms with Crippen molar-refractivity contribution < 1.29 is 23.8 Å². The van der Waals surface area contributed by atoms with Crippen LogP contribution in [0.2, 0.25) is 0 Å². The number of cyclic esters (lactones) is 1. The zero-order chi connectivity index (χ0) is 17.7. The van der Waals surface area contributed by atoms with Crippen molar-refractivity contribution in [3.63, 3.8) is 0 Å². The molecule has 2 heterocycles. The van der Waals surface area contributed by atoms with Crippen molar-refractivity contribution in [1.82, 2.24) is 0 Å². The Bertz CT molecular complexity index is 782. The number of benzene rings is 1. The Kier molecular flexibility index (Phi) is 3.63. The largest absolute Gasteiger partial charge is 0.405 e. The van der Waals surface area contributed by atoms with Gasteiger partial charge in [-0.3, -0.25) is 4.79 Å². The average molecular weight is 341 g/mol. The molecule has 0 saturated carbocycles. The summed E-state index contributed by atoms with van der Waals surface area (Å²) in [7, 11) is 0. The number of ether oxygens (including phenoxy) is 3. The number of rotatable bonds is 2. The predicted octanol–water partition coefficient (Wildman–Crippen LogP) is 2.03. The third-order valence-corrected chi connectivity index (χ3v) is 4.85. The van der Waals surface area contributed by atoms with Gasteiger partial charge in [-0.25, -0.2) is 9.79 Å². The second-order valence-corrected chi connectivity index (χ2v) is 6.91. The smallest absolute Gasteiger partial charge is 0.349 e. The van der Waals surface area contributed by atoms with E-state index in [1.807, 2.05) is 32.0 Å². The second kappa shape index (κ2) is 5.61. The number of carbonyl (C=O) groups is 2. The molecule has 3 aliphatic rings. The van der Waals surface area contributed by atoms with E-state index < -0.39 is 29.3 Å². The molecule has 0 bridgehead atoms. The third-order valence-electron chi connectivity index (χ3n) is 4.85. The van der Waals surface area contributed by atoms with Gasteiger partial charge in [-0.1, -0.05) is 24.3 Å². The van der Waals surface area contributed by atoms with Crippen molar-refractivity contribution in [1.29, 1.82) is 0 Å². The zero-order valence-corrected chi connectivity index (χ0v) is 14.1. The number of aliphatic imine (C=N–C) groups is 1. The van der Waals surface area contributed by atoms with Gasteiger partial charge in [0.15, 0.2) is 11.6 Å². The lowest BCUT2D eigenvalue weighted by atomic mass is 9.72. The number of esters is 1. The Morgan fingerprint density at radius 2 is 1.92 bits per heavy atom. The number of allylic oxidation sites excluding steroid dienone is 1. The van der Waals surface area contributed by atoms with Gasteiger partial charge in [-0.05, 0) is 38.5 Å². The van der Waals surface area contributed by atoms with Crippen LogP contribution in [0.15, 0.2) is 47.5 Å². The first-order valence-electron chi connectivity index (χ1n) is 8.33. The number of hydrogen-bond acceptors (Lipinski definition) is 6. The van der Waals surface area contributed by atoms with Crippen LogP contribution in [0.3, 0.4) is 0 Å². The highest BCUT2D eigenvalue weighted by molar-refractivity contribution is 6.22. The van der Waals surface area contributed by atoms with Crippen molar-refractivity contribution in [3.05, 3.63) is 48.0 Å². The van der Waals surface area contributed by atoms with E-state index in [4.69, 9.17) is 14.2 Å². The maximum absolute atomic E-state index is 12.8. The van der Waals surface area contributed by atoms with Crippen LogP contribution in [0.25, 0.3) is 0 Å². The Balaban J connectivity index is 1.76. The summed E-state index contributed by atoms with van der Waals surface area (Å²) < 4.78 is 17.0. The molecular formula is C19H19NO5. The highest BCUT2D eigenvalue weighted by Crippen LogP contribution is 2.42. The Hall–Kier alpha value is -2.31. The Morgan fingerprint density at radius 3 is 2.60 bits per heavy atom. The monoisotopic (exact) mass is 341 g/mol. The molecule has 0 aromatic heterocycles. The SMILES string of the molecule is CC1(C)OC[C@H]([C@@H]2CC=CC(=O)[C@]23N=C(c2ccccc2)OC3=O)O1. The van der Waals surface area contributed by atoms with Crippen LogP contribution in [-0.4, -0.2) is 41.7 Å². The minimum atomic E-state index is -1.59. The Morgan fingerprint density at radius 1 is 1.16 bits per heavy atom. The van der Waals surface area contributed by atoms with E-state index in [0.29, 0.717) is 18.6 Å². The number of carbonyl (C=O) groups excluding carboxylic acids is 2. The number of ketones is 1. The first-order chi connectivity index (χ1) is 11.9. The highest BCUT2D eigenvalue weighted by Gasteiger charge is 2.61. The molecule has 1 aromatic rings. The minimum absolute atomic E-state index is 0.178. The van der Waals surface area contributed by atoms with Gasteiger partial charge in [0.2, 0.25) is 11.4 Å². The lowest BCUT2D eigenvalue weighted by molar-refractivity contribution is -0.159. The molecule has 0 radical (unpaired) electrons. The quantitative estimate of drug-likeness (QED) is 0.608. The van der Waals surface area contributed by atoms with Crippen LogP contribution in [0.4, 0.5) is 0 Å². The van der Waals surface area contributed by atoms with Crippen LogP contribution in [0.1, 0.15) is 25.8 Å². The van der Waals surface area contributed by atoms with Crippen molar-refractivity contribution in [2.75, 3.05) is 6.61 Å². The van der Waals surface area contributed by atoms with E-state index in [9.17, 15) is 9.59 Å². The molecule has 3 atom stereocenters. The van der Waals surface area contributed by atoms with Gasteiger partial charge >= 0.3 is 5.97 Å². The van der Waals surface area contributed by atoms with Gasteiger partial charge < -0.3 is 14.2 Å². The third kappa shape index (κ3) is 2.53. The van der Waals surface area contributed by atoms with Crippen LogP contribution in [-0.2, 0) is 23.8 Å². The molecule has 25 heavy (non-hydrogen) atoms. The molecule has 2 aliphatic heterocycles. The summed E-state index contributed by atoms with van der Waals surface area (Å²) in [5, 5.41) is 0. The topological polar surface area (TPSA) is 74.2 Å². The molecule has 0 unspecified atom stereocenters. The van der Waals surface area contributed by atoms with Gasteiger partial charge in [-0.15, -0.1) is 0 Å². The van der Waals surface area contributed by atoms with Crippen LogP contribution < -0.4 is 0 Å². The van der Waals surface area contributed by atoms with Gasteiger partial charge in [0.1, 0.15) is 0 Å². The van der Waals surface area contributed by atoms with Gasteiger partial charge in [-0.2, -0.15) is 0 Å². The number of nitrogens with zero attached hydrogens (tertiary/aromatic N) is 1. The van der Waals surface area contributed by atoms with E-state index in [0.717, 1.165) is 0 Å². The van der Waals surface area contributed by atoms with E-state index in [-0.39, 0.29) is 11.7 Å². The molecule has 1 aliphatic carbocycles. The van der Waals surface area contributed by atoms with Crippen molar-refractivity contribution in [2.24, 2.45) is 10.9 Å². The standard InChI is InChI=1S/C19H19NO5/c1-18(2)23-11-14(25-18)13-9-6-10-15(21)19(13)17(22)24-16(20-19)12-7-4-3-5-8-12/h3-8,10,13-14H,9,11H2,1-2H3/t13-,14+,19+/m0/s1. The molecule has 1 aromatic carbocycles. The van der Waals surface area contributed by atoms with E-state index in [1.54, 1.807) is 18.2 Å². The summed E-state index contributed by atoms with van der Waals surface area (Å²) in [6.07, 6.45) is 3.26. The normalized spacial score (nSPS) is 33.6. The summed E-state index contributed by atoms with van der Waals surface area (Å²) in [5.41, 5.74) is -0.924. The van der Waals surface area contributed by atoms with Crippen molar-refractivity contribution >= 4 is 17.7 Å². The van der Waals surface area contributed by atoms with Crippen LogP contribution >= 0.6 is 0 Å². The average Bonchev–Trinajstić information content (AvgIpc) is 3.12. The second-order valence-electron chi connectivity index (χ2n) is 6.91. The summed E-state index contributed by atoms with van der Waals surface area (Å²) in [5.74, 6) is -2.03. The van der Waals surface area contributed by atoms with Crippen molar-refractivity contribution in [3.8, 4) is 0 Å². The summed E-state index contributed by atoms with van der Waals surface area (Å²) in [4.78, 5) is 30.0. The molecule has 1 fully saturated rings. The molecular weight excluding hydrogens is 322 g/mol. The fourth-order valence-electron chi connectivity index (χ4n) is 3.62. The molecule has 130 valence electrons. The van der Waals surface area contributed by atoms with Crippen LogP contribution in [0.5, 0.6) is 0 Å². The minimum Gasteiger partial charge on any atom is -0.405 e. The molecule has 6 nitrogen and oxygen atoms in total. The summed E-state index contributed by atoms with van der Waals surface area (Å²) in [6.45, 7) is 3.93. The molecule has 1 spiro atoms. The van der Waals surface area contributed by atoms with E-state index in [2.05, 4.69) is 4.99 Å². The van der Waals surface area contributed by atoms with Gasteiger partial charge in [0.05, 0.1) is 12.7 Å². The predicted molar refractivity (Wildman–Crippen MR) is 89.0 cm³/mol. The molecule has 1 saturated heterocycles. The summed E-state index contributed by atoms with van der Waals surface area (Å²) in [6, 6.07) is 9.10. The first-order valence-corrected chi connectivity index (χ1v) is 8.33. The van der Waals surface area contributed by atoms with Crippen molar-refractivity contribution in [2.45, 2.75) is 37.7 Å². The lowest BCUT2D eigenvalue weighted by Gasteiger charge is -2.34. The number of hydrogen-bond donors (Lipinski definition) is 0. The first kappa shape index (κ1) is 16.2. The van der Waals surface area contributed by atoms with E-state index >= 15 is 0 Å². The fraction of sp³-hybridized carbons (Fsp3) is 0.421.